The molecule has 2 heterocycles. The first-order chi connectivity index (χ1) is 11.3. The van der Waals surface area contributed by atoms with Crippen LogP contribution in [-0.4, -0.2) is 21.5 Å². The van der Waals surface area contributed by atoms with Gasteiger partial charge in [-0.1, -0.05) is 38.8 Å². The van der Waals surface area contributed by atoms with E-state index in [-0.39, 0.29) is 6.47 Å². The van der Waals surface area contributed by atoms with Crippen molar-refractivity contribution in [2.45, 2.75) is 52.4 Å². The van der Waals surface area contributed by atoms with E-state index in [1.807, 2.05) is 36.9 Å². The first-order valence-corrected chi connectivity index (χ1v) is 8.14. The maximum atomic E-state index is 8.36. The molecule has 0 atom stereocenters. The van der Waals surface area contributed by atoms with Gasteiger partial charge in [0.2, 0.25) is 0 Å². The second kappa shape index (κ2) is 16.1. The second-order valence-electron chi connectivity index (χ2n) is 5.04. The molecule has 2 aromatic heterocycles. The molecule has 4 nitrogen and oxygen atoms in total. The van der Waals surface area contributed by atoms with Crippen LogP contribution in [-0.2, 0) is 17.6 Å². The summed E-state index contributed by atoms with van der Waals surface area (Å²) in [6, 6.07) is 8.24. The summed E-state index contributed by atoms with van der Waals surface area (Å²) >= 11 is 0. The zero-order chi connectivity index (χ0) is 17.2. The summed E-state index contributed by atoms with van der Waals surface area (Å²) in [7, 11) is 0. The van der Waals surface area contributed by atoms with E-state index in [0.717, 1.165) is 0 Å². The van der Waals surface area contributed by atoms with Gasteiger partial charge in [0, 0.05) is 24.8 Å². The highest BCUT2D eigenvalue weighted by Gasteiger charge is 1.89. The average Bonchev–Trinajstić information content (AvgIpc) is 2.61. The predicted molar refractivity (Wildman–Crippen MR) is 94.4 cm³/mol. The van der Waals surface area contributed by atoms with Gasteiger partial charge < -0.3 is 5.11 Å². The van der Waals surface area contributed by atoms with E-state index in [9.17, 15) is 0 Å². The van der Waals surface area contributed by atoms with E-state index in [0.29, 0.717) is 0 Å². The molecule has 2 aromatic rings. The normalized spacial score (nSPS) is 8.96. The molecule has 0 unspecified atom stereocenters. The fourth-order valence-electron chi connectivity index (χ4n) is 1.85. The zero-order valence-electron chi connectivity index (χ0n) is 14.2. The standard InChI is InChI=1S/2C9H13N.CH2O2/c2*1-2-3-5-9-6-4-7-10-8-9;2-1-3/h2*4,6-8H,2-3,5H2,1H3;1H,(H,2,3). The van der Waals surface area contributed by atoms with Crippen LogP contribution in [0, 0.1) is 0 Å². The maximum absolute atomic E-state index is 8.36. The number of unbranched alkanes of at least 4 members (excludes halogenated alkanes) is 2. The minimum atomic E-state index is -0.250. The molecule has 23 heavy (non-hydrogen) atoms. The predicted octanol–water partition coefficient (Wildman–Crippen LogP) is 4.55. The fourth-order valence-corrected chi connectivity index (χ4v) is 1.85. The Morgan fingerprint density at radius 2 is 1.30 bits per heavy atom. The highest BCUT2D eigenvalue weighted by atomic mass is 16.3. The van der Waals surface area contributed by atoms with Crippen molar-refractivity contribution in [3.8, 4) is 0 Å². The molecule has 0 amide bonds. The van der Waals surface area contributed by atoms with E-state index >= 15 is 0 Å². The number of carbonyl (C=O) groups is 1. The number of rotatable bonds is 6. The van der Waals surface area contributed by atoms with Crippen molar-refractivity contribution >= 4 is 6.47 Å². The van der Waals surface area contributed by atoms with Gasteiger partial charge in [-0.25, -0.2) is 0 Å². The van der Waals surface area contributed by atoms with Gasteiger partial charge in [0.1, 0.15) is 0 Å². The Morgan fingerprint density at radius 1 is 0.913 bits per heavy atom. The van der Waals surface area contributed by atoms with Gasteiger partial charge in [-0.2, -0.15) is 0 Å². The van der Waals surface area contributed by atoms with Crippen molar-refractivity contribution < 1.29 is 9.90 Å². The topological polar surface area (TPSA) is 63.1 Å². The summed E-state index contributed by atoms with van der Waals surface area (Å²) in [5.74, 6) is 0. The molecular weight excluding hydrogens is 288 g/mol. The molecule has 0 saturated carbocycles. The Kier molecular flexibility index (Phi) is 14.6. The molecule has 1 N–H and O–H groups in total. The van der Waals surface area contributed by atoms with Crippen LogP contribution in [0.4, 0.5) is 0 Å². The van der Waals surface area contributed by atoms with Crippen molar-refractivity contribution in [3.05, 3.63) is 60.2 Å². The third-order valence-electron chi connectivity index (χ3n) is 3.08. The molecule has 0 aliphatic carbocycles. The van der Waals surface area contributed by atoms with Gasteiger partial charge in [-0.15, -0.1) is 0 Å². The summed E-state index contributed by atoms with van der Waals surface area (Å²) in [4.78, 5) is 16.4. The molecule has 0 aliphatic heterocycles. The number of aryl methyl sites for hydroxylation is 2. The Hall–Kier alpha value is -2.23. The maximum Gasteiger partial charge on any atom is 0.290 e. The molecule has 0 bridgehead atoms. The minimum absolute atomic E-state index is 0.250. The number of carboxylic acid groups (broad SMARTS) is 1. The van der Waals surface area contributed by atoms with Crippen molar-refractivity contribution in [2.24, 2.45) is 0 Å². The number of nitrogens with zero attached hydrogens (tertiary/aromatic N) is 2. The monoisotopic (exact) mass is 316 g/mol. The quantitative estimate of drug-likeness (QED) is 0.794. The van der Waals surface area contributed by atoms with Gasteiger partial charge in [-0.05, 0) is 48.9 Å². The Morgan fingerprint density at radius 3 is 1.57 bits per heavy atom. The largest absolute Gasteiger partial charge is 0.483 e. The van der Waals surface area contributed by atoms with Crippen LogP contribution in [0.2, 0.25) is 0 Å². The van der Waals surface area contributed by atoms with Gasteiger partial charge in [0.15, 0.2) is 0 Å². The van der Waals surface area contributed by atoms with E-state index < -0.39 is 0 Å². The number of pyridine rings is 2. The highest BCUT2D eigenvalue weighted by Crippen LogP contribution is 2.02. The molecule has 0 radical (unpaired) electrons. The summed E-state index contributed by atoms with van der Waals surface area (Å²) in [5.41, 5.74) is 2.70. The SMILES string of the molecule is CCCCc1cccnc1.CCCCc1cccnc1.O=CO. The first-order valence-electron chi connectivity index (χ1n) is 8.14. The summed E-state index contributed by atoms with van der Waals surface area (Å²) in [6.45, 7) is 4.16. The Bertz CT molecular complexity index is 432. The highest BCUT2D eigenvalue weighted by molar-refractivity contribution is 5.32. The third kappa shape index (κ3) is 13.2. The molecule has 126 valence electrons. The molecule has 0 aromatic carbocycles. The fraction of sp³-hybridized carbons (Fsp3) is 0.421. The molecule has 2 rings (SSSR count). The smallest absolute Gasteiger partial charge is 0.290 e. The second-order valence-corrected chi connectivity index (χ2v) is 5.04. The lowest BCUT2D eigenvalue weighted by atomic mass is 10.1. The van der Waals surface area contributed by atoms with Crippen LogP contribution in [0.15, 0.2) is 49.1 Å². The zero-order valence-corrected chi connectivity index (χ0v) is 14.2. The van der Waals surface area contributed by atoms with Crippen molar-refractivity contribution in [3.63, 3.8) is 0 Å². The van der Waals surface area contributed by atoms with Gasteiger partial charge >= 0.3 is 0 Å². The van der Waals surface area contributed by atoms with E-state index in [2.05, 4.69) is 35.9 Å². The number of hydrogen-bond acceptors (Lipinski definition) is 3. The third-order valence-corrected chi connectivity index (χ3v) is 3.08. The minimum Gasteiger partial charge on any atom is -0.483 e. The van der Waals surface area contributed by atoms with Crippen LogP contribution in [0.25, 0.3) is 0 Å². The lowest BCUT2D eigenvalue weighted by Crippen LogP contribution is -1.83. The Labute approximate surface area is 139 Å². The van der Waals surface area contributed by atoms with Gasteiger partial charge in [0.25, 0.3) is 6.47 Å². The lowest BCUT2D eigenvalue weighted by molar-refractivity contribution is -0.122. The summed E-state index contributed by atoms with van der Waals surface area (Å²) in [5, 5.41) is 6.89. The van der Waals surface area contributed by atoms with E-state index in [1.165, 1.54) is 49.7 Å². The van der Waals surface area contributed by atoms with Crippen LogP contribution in [0.5, 0.6) is 0 Å². The van der Waals surface area contributed by atoms with Crippen molar-refractivity contribution in [1.29, 1.82) is 0 Å². The van der Waals surface area contributed by atoms with Crippen molar-refractivity contribution in [2.75, 3.05) is 0 Å². The van der Waals surface area contributed by atoms with Crippen LogP contribution < -0.4 is 0 Å². The molecule has 0 spiro atoms. The lowest BCUT2D eigenvalue weighted by Gasteiger charge is -1.95. The van der Waals surface area contributed by atoms with E-state index in [1.54, 1.807) is 0 Å². The first kappa shape index (κ1) is 20.8. The summed E-state index contributed by atoms with van der Waals surface area (Å²) < 4.78 is 0. The molecule has 4 heteroatoms. The molecular formula is C19H28N2O2. The van der Waals surface area contributed by atoms with Crippen LogP contribution in [0.1, 0.15) is 50.7 Å². The molecule has 0 aliphatic rings. The summed E-state index contributed by atoms with van der Waals surface area (Å²) in [6.07, 6.45) is 14.9. The van der Waals surface area contributed by atoms with Crippen LogP contribution >= 0.6 is 0 Å². The molecule has 0 saturated heterocycles. The number of aromatic nitrogens is 2. The van der Waals surface area contributed by atoms with Gasteiger partial charge in [0.05, 0.1) is 0 Å². The Balaban J connectivity index is 0.000000360. The van der Waals surface area contributed by atoms with Crippen molar-refractivity contribution in [1.82, 2.24) is 9.97 Å². The van der Waals surface area contributed by atoms with Gasteiger partial charge in [-0.3, -0.25) is 14.8 Å². The van der Waals surface area contributed by atoms with Crippen LogP contribution in [0.3, 0.4) is 0 Å². The molecule has 0 fully saturated rings. The number of hydrogen-bond donors (Lipinski definition) is 1. The average molecular weight is 316 g/mol. The van der Waals surface area contributed by atoms with E-state index in [4.69, 9.17) is 9.90 Å².